The molecule has 0 aromatic heterocycles. The van der Waals surface area contributed by atoms with Crippen LogP contribution in [0.2, 0.25) is 0 Å². The van der Waals surface area contributed by atoms with Crippen LogP contribution in [-0.2, 0) is 9.59 Å². The predicted molar refractivity (Wildman–Crippen MR) is 86.2 cm³/mol. The van der Waals surface area contributed by atoms with Crippen LogP contribution in [0.3, 0.4) is 0 Å². The summed E-state index contributed by atoms with van der Waals surface area (Å²) in [6.45, 7) is 4.96. The Morgan fingerprint density at radius 1 is 1.13 bits per heavy atom. The summed E-state index contributed by atoms with van der Waals surface area (Å²) in [6.07, 6.45) is 1.30. The Labute approximate surface area is 135 Å². The molecule has 1 aliphatic rings. The van der Waals surface area contributed by atoms with Gasteiger partial charge in [0.25, 0.3) is 0 Å². The lowest BCUT2D eigenvalue weighted by Gasteiger charge is -2.32. The summed E-state index contributed by atoms with van der Waals surface area (Å²) in [5.74, 6) is -1.08. The van der Waals surface area contributed by atoms with Gasteiger partial charge in [-0.1, -0.05) is 13.8 Å². The largest absolute Gasteiger partial charge is 0.478 e. The summed E-state index contributed by atoms with van der Waals surface area (Å²) in [7, 11) is 0. The van der Waals surface area contributed by atoms with Gasteiger partial charge in [0.2, 0.25) is 11.8 Å². The van der Waals surface area contributed by atoms with Crippen molar-refractivity contribution in [3.05, 3.63) is 29.8 Å². The molecule has 2 rings (SSSR count). The third-order valence-corrected chi connectivity index (χ3v) is 4.07. The number of likely N-dealkylation sites (tertiary alicyclic amines) is 1. The van der Waals surface area contributed by atoms with Crippen LogP contribution in [0, 0.1) is 11.8 Å². The second-order valence-corrected chi connectivity index (χ2v) is 6.13. The molecule has 1 saturated heterocycles. The standard InChI is InChI=1S/C17H22N2O4/c1-11(2)16(21)19-9-7-12(8-10-19)15(20)18-14-5-3-13(4-6-14)17(22)23/h3-6,11-12H,7-10H2,1-2H3,(H,18,20)(H,22,23). The molecule has 0 atom stereocenters. The molecule has 1 fully saturated rings. The molecule has 2 amide bonds. The first-order valence-electron chi connectivity index (χ1n) is 7.81. The summed E-state index contributed by atoms with van der Waals surface area (Å²) in [4.78, 5) is 36.8. The summed E-state index contributed by atoms with van der Waals surface area (Å²) in [6, 6.07) is 6.08. The number of carbonyl (C=O) groups excluding carboxylic acids is 2. The average Bonchev–Trinajstić information content (AvgIpc) is 2.54. The number of nitrogens with zero attached hydrogens (tertiary/aromatic N) is 1. The number of anilines is 1. The molecule has 1 heterocycles. The number of piperidine rings is 1. The Kier molecular flexibility index (Phi) is 5.36. The molecule has 6 heteroatoms. The van der Waals surface area contributed by atoms with Crippen molar-refractivity contribution < 1.29 is 19.5 Å². The first kappa shape index (κ1) is 17.0. The number of aromatic carboxylic acids is 1. The van der Waals surface area contributed by atoms with E-state index >= 15 is 0 Å². The van der Waals surface area contributed by atoms with E-state index in [1.165, 1.54) is 12.1 Å². The van der Waals surface area contributed by atoms with E-state index in [0.717, 1.165) is 0 Å². The van der Waals surface area contributed by atoms with Crippen molar-refractivity contribution in [1.29, 1.82) is 0 Å². The molecule has 0 aliphatic carbocycles. The molecule has 23 heavy (non-hydrogen) atoms. The Morgan fingerprint density at radius 3 is 2.17 bits per heavy atom. The fraction of sp³-hybridized carbons (Fsp3) is 0.471. The first-order chi connectivity index (χ1) is 10.9. The molecule has 0 unspecified atom stereocenters. The highest BCUT2D eigenvalue weighted by Crippen LogP contribution is 2.21. The van der Waals surface area contributed by atoms with Crippen LogP contribution < -0.4 is 5.32 Å². The van der Waals surface area contributed by atoms with Gasteiger partial charge in [-0.2, -0.15) is 0 Å². The summed E-state index contributed by atoms with van der Waals surface area (Å²) < 4.78 is 0. The highest BCUT2D eigenvalue weighted by Gasteiger charge is 2.28. The van der Waals surface area contributed by atoms with Gasteiger partial charge in [0.1, 0.15) is 0 Å². The first-order valence-corrected chi connectivity index (χ1v) is 7.81. The number of carboxylic acid groups (broad SMARTS) is 1. The van der Waals surface area contributed by atoms with Crippen LogP contribution in [0.15, 0.2) is 24.3 Å². The maximum atomic E-state index is 12.3. The minimum absolute atomic E-state index is 0.0203. The lowest BCUT2D eigenvalue weighted by molar-refractivity contribution is -0.137. The van der Waals surface area contributed by atoms with Crippen LogP contribution >= 0.6 is 0 Å². The third kappa shape index (κ3) is 4.31. The van der Waals surface area contributed by atoms with Gasteiger partial charge in [0.05, 0.1) is 5.56 Å². The third-order valence-electron chi connectivity index (χ3n) is 4.07. The number of carbonyl (C=O) groups is 3. The van der Waals surface area contributed by atoms with E-state index in [2.05, 4.69) is 5.32 Å². The van der Waals surface area contributed by atoms with E-state index in [1.807, 2.05) is 18.7 Å². The van der Waals surface area contributed by atoms with Gasteiger partial charge in [0, 0.05) is 30.6 Å². The minimum atomic E-state index is -0.995. The molecule has 1 aromatic carbocycles. The van der Waals surface area contributed by atoms with E-state index in [-0.39, 0.29) is 29.2 Å². The van der Waals surface area contributed by atoms with Crippen LogP contribution in [-0.4, -0.2) is 40.9 Å². The Balaban J connectivity index is 1.88. The summed E-state index contributed by atoms with van der Waals surface area (Å²) in [5.41, 5.74) is 0.768. The van der Waals surface area contributed by atoms with Crippen molar-refractivity contribution in [1.82, 2.24) is 4.90 Å². The normalized spacial score (nSPS) is 15.5. The molecule has 124 valence electrons. The topological polar surface area (TPSA) is 86.7 Å². The van der Waals surface area contributed by atoms with Crippen LogP contribution in [0.5, 0.6) is 0 Å². The molecule has 0 radical (unpaired) electrons. The molecule has 0 saturated carbocycles. The van der Waals surface area contributed by atoms with Crippen molar-refractivity contribution in [3.8, 4) is 0 Å². The second-order valence-electron chi connectivity index (χ2n) is 6.13. The van der Waals surface area contributed by atoms with Crippen molar-refractivity contribution in [2.75, 3.05) is 18.4 Å². The van der Waals surface area contributed by atoms with Crippen molar-refractivity contribution >= 4 is 23.5 Å². The number of hydrogen-bond donors (Lipinski definition) is 2. The van der Waals surface area contributed by atoms with Crippen molar-refractivity contribution in [2.45, 2.75) is 26.7 Å². The van der Waals surface area contributed by atoms with Gasteiger partial charge in [-0.05, 0) is 37.1 Å². The molecule has 6 nitrogen and oxygen atoms in total. The number of nitrogens with one attached hydrogen (secondary N) is 1. The summed E-state index contributed by atoms with van der Waals surface area (Å²) in [5, 5.41) is 11.7. The number of carboxylic acids is 1. The van der Waals surface area contributed by atoms with Gasteiger partial charge in [-0.15, -0.1) is 0 Å². The van der Waals surface area contributed by atoms with Crippen LogP contribution in [0.1, 0.15) is 37.0 Å². The van der Waals surface area contributed by atoms with Gasteiger partial charge in [-0.25, -0.2) is 4.79 Å². The molecular weight excluding hydrogens is 296 g/mol. The van der Waals surface area contributed by atoms with Gasteiger partial charge >= 0.3 is 5.97 Å². The monoisotopic (exact) mass is 318 g/mol. The van der Waals surface area contributed by atoms with E-state index in [4.69, 9.17) is 5.11 Å². The SMILES string of the molecule is CC(C)C(=O)N1CCC(C(=O)Nc2ccc(C(=O)O)cc2)CC1. The zero-order chi connectivity index (χ0) is 17.0. The quantitative estimate of drug-likeness (QED) is 0.891. The van der Waals surface area contributed by atoms with Crippen LogP contribution in [0.4, 0.5) is 5.69 Å². The highest BCUT2D eigenvalue weighted by atomic mass is 16.4. The number of hydrogen-bond acceptors (Lipinski definition) is 3. The smallest absolute Gasteiger partial charge is 0.335 e. The van der Waals surface area contributed by atoms with Gasteiger partial charge in [0.15, 0.2) is 0 Å². The zero-order valence-corrected chi connectivity index (χ0v) is 13.4. The second kappa shape index (κ2) is 7.26. The fourth-order valence-corrected chi connectivity index (χ4v) is 2.67. The molecule has 1 aromatic rings. The molecule has 1 aliphatic heterocycles. The average molecular weight is 318 g/mol. The lowest BCUT2D eigenvalue weighted by Crippen LogP contribution is -2.43. The number of benzene rings is 1. The summed E-state index contributed by atoms with van der Waals surface area (Å²) >= 11 is 0. The number of amides is 2. The zero-order valence-electron chi connectivity index (χ0n) is 13.4. The van der Waals surface area contributed by atoms with E-state index in [1.54, 1.807) is 12.1 Å². The maximum Gasteiger partial charge on any atom is 0.335 e. The fourth-order valence-electron chi connectivity index (χ4n) is 2.67. The lowest BCUT2D eigenvalue weighted by atomic mass is 9.95. The number of rotatable bonds is 4. The van der Waals surface area contributed by atoms with Gasteiger partial charge < -0.3 is 15.3 Å². The molecule has 0 bridgehead atoms. The maximum absolute atomic E-state index is 12.3. The Morgan fingerprint density at radius 2 is 1.70 bits per heavy atom. The van der Waals surface area contributed by atoms with Crippen molar-refractivity contribution in [3.63, 3.8) is 0 Å². The van der Waals surface area contributed by atoms with E-state index < -0.39 is 5.97 Å². The predicted octanol–water partition coefficient (Wildman–Crippen LogP) is 2.22. The molecule has 2 N–H and O–H groups in total. The van der Waals surface area contributed by atoms with Crippen molar-refractivity contribution in [2.24, 2.45) is 11.8 Å². The Bertz CT molecular complexity index is 587. The molecule has 0 spiro atoms. The highest BCUT2D eigenvalue weighted by molar-refractivity contribution is 5.94. The van der Waals surface area contributed by atoms with Crippen LogP contribution in [0.25, 0.3) is 0 Å². The minimum Gasteiger partial charge on any atom is -0.478 e. The van der Waals surface area contributed by atoms with E-state index in [9.17, 15) is 14.4 Å². The van der Waals surface area contributed by atoms with Gasteiger partial charge in [-0.3, -0.25) is 9.59 Å². The Hall–Kier alpha value is -2.37. The van der Waals surface area contributed by atoms with E-state index in [0.29, 0.717) is 31.6 Å². The molecular formula is C17H22N2O4.